The van der Waals surface area contributed by atoms with E-state index in [1.165, 1.54) is 4.90 Å². The first kappa shape index (κ1) is 13.5. The molecule has 2 amide bonds. The highest BCUT2D eigenvalue weighted by molar-refractivity contribution is 6.23. The maximum atomic E-state index is 12.2. The molecule has 1 aliphatic heterocycles. The van der Waals surface area contributed by atoms with Gasteiger partial charge in [0.2, 0.25) is 0 Å². The molecule has 19 heavy (non-hydrogen) atoms. The molecule has 0 saturated heterocycles. The number of benzene rings is 1. The van der Waals surface area contributed by atoms with Gasteiger partial charge in [-0.2, -0.15) is 0 Å². The zero-order valence-corrected chi connectivity index (χ0v) is 11.5. The number of imide groups is 1. The van der Waals surface area contributed by atoms with Crippen molar-refractivity contribution in [3.05, 3.63) is 29.3 Å². The van der Waals surface area contributed by atoms with Crippen LogP contribution < -0.4 is 11.1 Å². The van der Waals surface area contributed by atoms with E-state index in [2.05, 4.69) is 5.32 Å². The van der Waals surface area contributed by atoms with Crippen LogP contribution in [-0.2, 0) is 0 Å². The second kappa shape index (κ2) is 4.66. The summed E-state index contributed by atoms with van der Waals surface area (Å²) in [5, 5.41) is 3.25. The van der Waals surface area contributed by atoms with Crippen molar-refractivity contribution in [2.75, 3.05) is 18.8 Å². The van der Waals surface area contributed by atoms with E-state index in [1.807, 2.05) is 20.8 Å². The maximum absolute atomic E-state index is 12.2. The summed E-state index contributed by atoms with van der Waals surface area (Å²) in [5.41, 5.74) is 6.83. The van der Waals surface area contributed by atoms with E-state index in [0.717, 1.165) is 0 Å². The van der Waals surface area contributed by atoms with Crippen LogP contribution in [0.15, 0.2) is 18.2 Å². The van der Waals surface area contributed by atoms with Crippen LogP contribution in [-0.4, -0.2) is 35.3 Å². The Morgan fingerprint density at radius 2 is 1.89 bits per heavy atom. The lowest BCUT2D eigenvalue weighted by atomic mass is 10.1. The van der Waals surface area contributed by atoms with Gasteiger partial charge in [0, 0.05) is 24.3 Å². The molecule has 1 aliphatic rings. The van der Waals surface area contributed by atoms with E-state index in [0.29, 0.717) is 29.9 Å². The predicted molar refractivity (Wildman–Crippen MR) is 74.0 cm³/mol. The summed E-state index contributed by atoms with van der Waals surface area (Å²) in [6.45, 7) is 7.02. The number of hydrogen-bond donors (Lipinski definition) is 2. The lowest BCUT2D eigenvalue weighted by Crippen LogP contribution is -2.43. The normalized spacial score (nSPS) is 15.0. The summed E-state index contributed by atoms with van der Waals surface area (Å²) in [7, 11) is 0. The number of nitrogen functional groups attached to an aromatic ring is 1. The van der Waals surface area contributed by atoms with Crippen LogP contribution in [0.5, 0.6) is 0 Å². The zero-order valence-electron chi connectivity index (χ0n) is 11.5. The molecule has 0 aromatic heterocycles. The number of hydrogen-bond acceptors (Lipinski definition) is 4. The van der Waals surface area contributed by atoms with Gasteiger partial charge in [0.1, 0.15) is 0 Å². The molecule has 1 heterocycles. The molecule has 5 heteroatoms. The molecule has 0 radical (unpaired) electrons. The van der Waals surface area contributed by atoms with Crippen molar-refractivity contribution in [2.24, 2.45) is 0 Å². The molecule has 0 aliphatic carbocycles. The van der Waals surface area contributed by atoms with Gasteiger partial charge >= 0.3 is 0 Å². The number of nitrogens with two attached hydrogens (primary N) is 1. The third-order valence-electron chi connectivity index (χ3n) is 3.02. The topological polar surface area (TPSA) is 75.4 Å². The van der Waals surface area contributed by atoms with Gasteiger partial charge in [-0.15, -0.1) is 0 Å². The molecule has 1 aromatic rings. The van der Waals surface area contributed by atoms with Crippen molar-refractivity contribution in [1.82, 2.24) is 10.2 Å². The second-order valence-corrected chi connectivity index (χ2v) is 5.71. The fraction of sp³-hybridized carbons (Fsp3) is 0.429. The number of amides is 2. The Morgan fingerprint density at radius 1 is 1.21 bits per heavy atom. The Hall–Kier alpha value is -1.88. The van der Waals surface area contributed by atoms with Crippen LogP contribution in [0.4, 0.5) is 5.69 Å². The molecule has 0 atom stereocenters. The zero-order chi connectivity index (χ0) is 14.2. The van der Waals surface area contributed by atoms with E-state index in [9.17, 15) is 9.59 Å². The Labute approximate surface area is 112 Å². The number of anilines is 1. The smallest absolute Gasteiger partial charge is 0.263 e. The number of carbonyl (C=O) groups excluding carboxylic acids is 2. The number of rotatable bonds is 3. The molecule has 0 unspecified atom stereocenters. The van der Waals surface area contributed by atoms with Crippen molar-refractivity contribution < 1.29 is 9.59 Å². The summed E-state index contributed by atoms with van der Waals surface area (Å²) in [6.07, 6.45) is 0. The van der Waals surface area contributed by atoms with Crippen molar-refractivity contribution in [1.29, 1.82) is 0 Å². The van der Waals surface area contributed by atoms with Gasteiger partial charge in [-0.05, 0) is 32.9 Å². The van der Waals surface area contributed by atoms with Crippen molar-refractivity contribution in [3.63, 3.8) is 0 Å². The lowest BCUT2D eigenvalue weighted by Gasteiger charge is -2.22. The number of fused-ring (bicyclic) bond motifs is 1. The van der Waals surface area contributed by atoms with Crippen LogP contribution in [0, 0.1) is 0 Å². The monoisotopic (exact) mass is 261 g/mol. The molecule has 1 aromatic carbocycles. The van der Waals surface area contributed by atoms with Gasteiger partial charge in [-0.1, -0.05) is 6.07 Å². The molecule has 0 spiro atoms. The summed E-state index contributed by atoms with van der Waals surface area (Å²) in [5.74, 6) is -0.559. The summed E-state index contributed by atoms with van der Waals surface area (Å²) in [4.78, 5) is 25.6. The molecular weight excluding hydrogens is 242 g/mol. The molecule has 0 saturated carbocycles. The first-order chi connectivity index (χ1) is 8.81. The molecule has 3 N–H and O–H groups in total. The third kappa shape index (κ3) is 2.61. The first-order valence-corrected chi connectivity index (χ1v) is 6.31. The molecule has 0 bridgehead atoms. The maximum Gasteiger partial charge on any atom is 0.263 e. The Morgan fingerprint density at radius 3 is 2.47 bits per heavy atom. The minimum absolute atomic E-state index is 0.0439. The molecule has 2 rings (SSSR count). The standard InChI is InChI=1S/C14H19N3O2/c1-14(2,3)16-7-8-17-12(18)9-5-4-6-10(15)11(9)13(17)19/h4-6,16H,7-8,15H2,1-3H3. The number of nitrogens with zero attached hydrogens (tertiary/aromatic N) is 1. The van der Waals surface area contributed by atoms with Crippen molar-refractivity contribution >= 4 is 17.5 Å². The Balaban J connectivity index is 2.13. The highest BCUT2D eigenvalue weighted by Crippen LogP contribution is 2.27. The molecule has 5 nitrogen and oxygen atoms in total. The van der Waals surface area contributed by atoms with E-state index >= 15 is 0 Å². The Bertz CT molecular complexity index is 532. The lowest BCUT2D eigenvalue weighted by molar-refractivity contribution is 0.0653. The summed E-state index contributed by atoms with van der Waals surface area (Å²) >= 11 is 0. The van der Waals surface area contributed by atoms with Crippen molar-refractivity contribution in [3.8, 4) is 0 Å². The average molecular weight is 261 g/mol. The van der Waals surface area contributed by atoms with Crippen LogP contribution in [0.25, 0.3) is 0 Å². The van der Waals surface area contributed by atoms with Crippen LogP contribution in [0.1, 0.15) is 41.5 Å². The molecular formula is C14H19N3O2. The van der Waals surface area contributed by atoms with E-state index in [4.69, 9.17) is 5.73 Å². The van der Waals surface area contributed by atoms with Gasteiger partial charge in [-0.3, -0.25) is 14.5 Å². The predicted octanol–water partition coefficient (Wildman–Crippen LogP) is 1.25. The summed E-state index contributed by atoms with van der Waals surface area (Å²) in [6, 6.07) is 4.97. The van der Waals surface area contributed by atoms with Gasteiger partial charge in [0.15, 0.2) is 0 Å². The van der Waals surface area contributed by atoms with E-state index in [-0.39, 0.29) is 17.4 Å². The SMILES string of the molecule is CC(C)(C)NCCN1C(=O)c2cccc(N)c2C1=O. The number of nitrogens with one attached hydrogen (secondary N) is 1. The minimum atomic E-state index is -0.297. The van der Waals surface area contributed by atoms with Crippen LogP contribution in [0.3, 0.4) is 0 Å². The fourth-order valence-electron chi connectivity index (χ4n) is 2.11. The minimum Gasteiger partial charge on any atom is -0.398 e. The van der Waals surface area contributed by atoms with Gasteiger partial charge in [0.25, 0.3) is 11.8 Å². The van der Waals surface area contributed by atoms with Gasteiger partial charge < -0.3 is 11.1 Å². The van der Waals surface area contributed by atoms with E-state index < -0.39 is 0 Å². The first-order valence-electron chi connectivity index (χ1n) is 6.31. The van der Waals surface area contributed by atoms with Crippen LogP contribution in [0.2, 0.25) is 0 Å². The van der Waals surface area contributed by atoms with Gasteiger partial charge in [-0.25, -0.2) is 0 Å². The third-order valence-corrected chi connectivity index (χ3v) is 3.02. The Kier molecular flexibility index (Phi) is 3.32. The fourth-order valence-corrected chi connectivity index (χ4v) is 2.11. The highest BCUT2D eigenvalue weighted by atomic mass is 16.2. The largest absolute Gasteiger partial charge is 0.398 e. The van der Waals surface area contributed by atoms with Crippen molar-refractivity contribution in [2.45, 2.75) is 26.3 Å². The second-order valence-electron chi connectivity index (χ2n) is 5.71. The number of carbonyl (C=O) groups is 2. The highest BCUT2D eigenvalue weighted by Gasteiger charge is 2.36. The van der Waals surface area contributed by atoms with Crippen LogP contribution >= 0.6 is 0 Å². The average Bonchev–Trinajstić information content (AvgIpc) is 2.54. The molecule has 102 valence electrons. The quantitative estimate of drug-likeness (QED) is 0.634. The van der Waals surface area contributed by atoms with E-state index in [1.54, 1.807) is 18.2 Å². The molecule has 0 fully saturated rings. The van der Waals surface area contributed by atoms with Gasteiger partial charge in [0.05, 0.1) is 11.1 Å². The summed E-state index contributed by atoms with van der Waals surface area (Å²) < 4.78 is 0.